The van der Waals surface area contributed by atoms with E-state index >= 15 is 0 Å². The second kappa shape index (κ2) is 12.4. The lowest BCUT2D eigenvalue weighted by Crippen LogP contribution is -2.28. The zero-order valence-electron chi connectivity index (χ0n) is 22.1. The van der Waals surface area contributed by atoms with E-state index in [2.05, 4.69) is 0 Å². The molecule has 40 heavy (non-hydrogen) atoms. The van der Waals surface area contributed by atoms with Crippen LogP contribution in [0, 0.1) is 0 Å². The average molecular weight is 571 g/mol. The van der Waals surface area contributed by atoms with Gasteiger partial charge >= 0.3 is 5.97 Å². The number of aliphatic imine (C=N–C) groups is 1. The molecule has 1 saturated heterocycles. The van der Waals surface area contributed by atoms with Crippen LogP contribution in [0.25, 0.3) is 16.8 Å². The third-order valence-electron chi connectivity index (χ3n) is 6.30. The number of amidine groups is 1. The smallest absolute Gasteiger partial charge is 0.338 e. The zero-order valence-corrected chi connectivity index (χ0v) is 23.7. The fourth-order valence-electron chi connectivity index (χ4n) is 4.32. The molecule has 1 aliphatic heterocycles. The summed E-state index contributed by atoms with van der Waals surface area (Å²) in [6.45, 7) is 4.77. The van der Waals surface area contributed by atoms with Gasteiger partial charge in [0.15, 0.2) is 5.17 Å². The molecule has 202 valence electrons. The maximum absolute atomic E-state index is 13.5. The molecule has 1 amide bonds. The molecule has 5 rings (SSSR count). The molecule has 0 unspecified atom stereocenters. The molecule has 6 nitrogen and oxygen atoms in total. The predicted octanol–water partition coefficient (Wildman–Crippen LogP) is 7.87. The van der Waals surface area contributed by atoms with Crippen molar-refractivity contribution in [1.82, 2.24) is 4.90 Å². The van der Waals surface area contributed by atoms with Crippen molar-refractivity contribution in [3.05, 3.63) is 112 Å². The molecular weight excluding hydrogens is 544 g/mol. The van der Waals surface area contributed by atoms with E-state index in [1.54, 1.807) is 36.1 Å². The van der Waals surface area contributed by atoms with E-state index < -0.39 is 5.97 Å². The number of amides is 1. The first-order valence-corrected chi connectivity index (χ1v) is 14.1. The van der Waals surface area contributed by atoms with Crippen molar-refractivity contribution < 1.29 is 19.1 Å². The fourth-order valence-corrected chi connectivity index (χ4v) is 5.49. The monoisotopic (exact) mass is 570 g/mol. The van der Waals surface area contributed by atoms with Crippen LogP contribution in [-0.4, -0.2) is 35.1 Å². The van der Waals surface area contributed by atoms with Gasteiger partial charge < -0.3 is 9.47 Å². The van der Waals surface area contributed by atoms with Crippen LogP contribution in [0.5, 0.6) is 5.75 Å². The number of thioether (sulfide) groups is 1. The summed E-state index contributed by atoms with van der Waals surface area (Å²) in [5, 5.41) is 3.24. The van der Waals surface area contributed by atoms with Crippen molar-refractivity contribution in [3.8, 4) is 5.75 Å². The Morgan fingerprint density at radius 1 is 1.00 bits per heavy atom. The molecule has 0 aromatic heterocycles. The molecule has 0 spiro atoms. The molecule has 0 atom stereocenters. The van der Waals surface area contributed by atoms with E-state index in [4.69, 9.17) is 26.1 Å². The molecule has 0 radical (unpaired) electrons. The van der Waals surface area contributed by atoms with Crippen molar-refractivity contribution in [1.29, 1.82) is 0 Å². The minimum Gasteiger partial charge on any atom is -0.488 e. The number of nitrogens with zero attached hydrogens (tertiary/aromatic N) is 2. The van der Waals surface area contributed by atoms with Crippen LogP contribution in [0.2, 0.25) is 5.02 Å². The second-order valence-electron chi connectivity index (χ2n) is 8.94. The SMILES string of the molecule is CCOC(=O)c1cccc(N=C2SC(=Cc3c(OCc4ccc(Cl)cc4)ccc4ccccc34)C(=O)N2CC)c1. The highest BCUT2D eigenvalue weighted by Crippen LogP contribution is 2.38. The van der Waals surface area contributed by atoms with Crippen LogP contribution in [0.4, 0.5) is 5.69 Å². The van der Waals surface area contributed by atoms with Gasteiger partial charge in [-0.3, -0.25) is 9.69 Å². The Balaban J connectivity index is 1.50. The van der Waals surface area contributed by atoms with E-state index in [-0.39, 0.29) is 5.91 Å². The number of esters is 1. The Kier molecular flexibility index (Phi) is 8.53. The lowest BCUT2D eigenvalue weighted by Gasteiger charge is -2.13. The molecular formula is C32H27ClN2O4S. The number of carbonyl (C=O) groups excluding carboxylic acids is 2. The molecule has 0 saturated carbocycles. The van der Waals surface area contributed by atoms with Gasteiger partial charge in [-0.1, -0.05) is 60.1 Å². The summed E-state index contributed by atoms with van der Waals surface area (Å²) >= 11 is 7.33. The van der Waals surface area contributed by atoms with Gasteiger partial charge in [0.25, 0.3) is 5.91 Å². The summed E-state index contributed by atoms with van der Waals surface area (Å²) in [6.07, 6.45) is 1.88. The van der Waals surface area contributed by atoms with Crippen molar-refractivity contribution >= 4 is 62.9 Å². The molecule has 4 aromatic carbocycles. The van der Waals surface area contributed by atoms with Gasteiger partial charge in [0.1, 0.15) is 12.4 Å². The van der Waals surface area contributed by atoms with Gasteiger partial charge in [-0.2, -0.15) is 0 Å². The van der Waals surface area contributed by atoms with Crippen LogP contribution < -0.4 is 4.74 Å². The minimum atomic E-state index is -0.408. The topological polar surface area (TPSA) is 68.2 Å². The summed E-state index contributed by atoms with van der Waals surface area (Å²) in [4.78, 5) is 32.6. The number of halogens is 1. The van der Waals surface area contributed by atoms with Gasteiger partial charge in [-0.25, -0.2) is 9.79 Å². The summed E-state index contributed by atoms with van der Waals surface area (Å²) in [5.41, 5.74) is 2.79. The quantitative estimate of drug-likeness (QED) is 0.159. The number of hydrogen-bond acceptors (Lipinski definition) is 6. The summed E-state index contributed by atoms with van der Waals surface area (Å²) < 4.78 is 11.4. The van der Waals surface area contributed by atoms with Crippen molar-refractivity contribution in [3.63, 3.8) is 0 Å². The lowest BCUT2D eigenvalue weighted by molar-refractivity contribution is -0.122. The Hall–Kier alpha value is -4.07. The highest BCUT2D eigenvalue weighted by molar-refractivity contribution is 8.18. The Morgan fingerprint density at radius 2 is 1.80 bits per heavy atom. The number of fused-ring (bicyclic) bond motifs is 1. The van der Waals surface area contributed by atoms with Crippen LogP contribution in [0.1, 0.15) is 35.3 Å². The minimum absolute atomic E-state index is 0.135. The highest BCUT2D eigenvalue weighted by atomic mass is 35.5. The second-order valence-corrected chi connectivity index (χ2v) is 10.4. The van der Waals surface area contributed by atoms with Gasteiger partial charge in [0.05, 0.1) is 22.8 Å². The van der Waals surface area contributed by atoms with Crippen LogP contribution >= 0.6 is 23.4 Å². The van der Waals surface area contributed by atoms with Crippen molar-refractivity contribution in [2.45, 2.75) is 20.5 Å². The number of ether oxygens (including phenoxy) is 2. The number of benzene rings is 4. The third-order valence-corrected chi connectivity index (χ3v) is 7.56. The maximum Gasteiger partial charge on any atom is 0.338 e. The predicted molar refractivity (Wildman–Crippen MR) is 162 cm³/mol. The number of likely N-dealkylation sites (N-methyl/N-ethyl adjacent to an activating group) is 1. The lowest BCUT2D eigenvalue weighted by atomic mass is 10.0. The summed E-state index contributed by atoms with van der Waals surface area (Å²) in [6, 6.07) is 26.4. The first kappa shape index (κ1) is 27.5. The number of carbonyl (C=O) groups is 2. The van der Waals surface area contributed by atoms with Gasteiger partial charge in [-0.15, -0.1) is 0 Å². The first-order chi connectivity index (χ1) is 19.5. The molecule has 0 N–H and O–H groups in total. The maximum atomic E-state index is 13.5. The third kappa shape index (κ3) is 6.06. The standard InChI is InChI=1S/C32H27ClN2O4S/c1-3-35-30(36)29(40-32(35)34-25-10-7-9-23(18-25)31(37)38-4-2)19-27-26-11-6-5-8-22(26)14-17-28(27)39-20-21-12-15-24(33)16-13-21/h5-19H,3-4,20H2,1-2H3. The van der Waals surface area contributed by atoms with E-state index in [0.717, 1.165) is 21.9 Å². The highest BCUT2D eigenvalue weighted by Gasteiger charge is 2.32. The normalized spacial score (nSPS) is 15.3. The molecule has 4 aromatic rings. The van der Waals surface area contributed by atoms with Gasteiger partial charge in [0.2, 0.25) is 0 Å². The van der Waals surface area contributed by atoms with E-state index in [1.807, 2.05) is 73.7 Å². The Labute approximate surface area is 242 Å². The number of rotatable bonds is 8. The Morgan fingerprint density at radius 3 is 2.58 bits per heavy atom. The van der Waals surface area contributed by atoms with Crippen LogP contribution in [-0.2, 0) is 16.1 Å². The molecule has 0 bridgehead atoms. The van der Waals surface area contributed by atoms with E-state index in [0.29, 0.717) is 51.9 Å². The van der Waals surface area contributed by atoms with E-state index in [1.165, 1.54) is 11.8 Å². The fraction of sp³-hybridized carbons (Fsp3) is 0.156. The summed E-state index contributed by atoms with van der Waals surface area (Å²) in [7, 11) is 0. The molecule has 1 aliphatic rings. The average Bonchev–Trinajstić information content (AvgIpc) is 3.26. The van der Waals surface area contributed by atoms with Crippen LogP contribution in [0.15, 0.2) is 94.8 Å². The first-order valence-electron chi connectivity index (χ1n) is 12.9. The van der Waals surface area contributed by atoms with Crippen molar-refractivity contribution in [2.24, 2.45) is 4.99 Å². The summed E-state index contributed by atoms with van der Waals surface area (Å²) in [5.74, 6) is 0.129. The largest absolute Gasteiger partial charge is 0.488 e. The van der Waals surface area contributed by atoms with Gasteiger partial charge in [0, 0.05) is 17.1 Å². The van der Waals surface area contributed by atoms with E-state index in [9.17, 15) is 9.59 Å². The van der Waals surface area contributed by atoms with Crippen LogP contribution in [0.3, 0.4) is 0 Å². The Bertz CT molecular complexity index is 1630. The molecule has 8 heteroatoms. The van der Waals surface area contributed by atoms with Gasteiger partial charge in [-0.05, 0) is 84.4 Å². The molecule has 0 aliphatic carbocycles. The zero-order chi connectivity index (χ0) is 28.1. The molecule has 1 heterocycles. The molecule has 1 fully saturated rings. The van der Waals surface area contributed by atoms with Crippen molar-refractivity contribution in [2.75, 3.05) is 13.2 Å². The number of hydrogen-bond donors (Lipinski definition) is 0.